The molecule has 0 aliphatic heterocycles. The van der Waals surface area contributed by atoms with Crippen LogP contribution in [0.4, 0.5) is 13.2 Å². The zero-order chi connectivity index (χ0) is 17.6. The molecule has 26 heavy (non-hydrogen) atoms. The summed E-state index contributed by atoms with van der Waals surface area (Å²) in [5.74, 6) is -3.95. The van der Waals surface area contributed by atoms with Gasteiger partial charge >= 0.3 is 152 Å². The van der Waals surface area contributed by atoms with Gasteiger partial charge in [-0.2, -0.15) is 0 Å². The fourth-order valence-corrected chi connectivity index (χ4v) is 22.7. The van der Waals surface area contributed by atoms with Crippen LogP contribution in [0.1, 0.15) is 58.8 Å². The van der Waals surface area contributed by atoms with E-state index in [0.29, 0.717) is 6.04 Å². The minimum atomic E-state index is -3.95. The summed E-state index contributed by atoms with van der Waals surface area (Å²) in [6, 6.07) is 0.415. The van der Waals surface area contributed by atoms with Gasteiger partial charge in [-0.3, -0.25) is 0 Å². The Morgan fingerprint density at radius 3 is 2.27 bits per heavy atom. The van der Waals surface area contributed by atoms with Gasteiger partial charge in [0.25, 0.3) is 0 Å². The quantitative estimate of drug-likeness (QED) is 0.299. The van der Waals surface area contributed by atoms with Crippen molar-refractivity contribution in [3.8, 4) is 0 Å². The monoisotopic (exact) mass is 502 g/mol. The zero-order valence-corrected chi connectivity index (χ0v) is 20.6. The van der Waals surface area contributed by atoms with E-state index in [-0.39, 0.29) is 24.8 Å². The molecule has 0 unspecified atom stereocenters. The minimum absolute atomic E-state index is 0. The second-order valence-electron chi connectivity index (χ2n) is 6.54. The largest absolute Gasteiger partial charge is 0.147 e. The number of hydrogen-bond donors (Lipinski definition) is 0. The summed E-state index contributed by atoms with van der Waals surface area (Å²) in [7, 11) is 0. The van der Waals surface area contributed by atoms with Crippen LogP contribution in [-0.2, 0) is 20.4 Å². The third kappa shape index (κ3) is 7.45. The van der Waals surface area contributed by atoms with Gasteiger partial charge in [-0.25, -0.2) is 0 Å². The number of halogens is 5. The molecule has 0 saturated heterocycles. The maximum atomic E-state index is 13.9. The van der Waals surface area contributed by atoms with Gasteiger partial charge in [0.1, 0.15) is 0 Å². The third-order valence-corrected chi connectivity index (χ3v) is 23.9. The van der Waals surface area contributed by atoms with Crippen molar-refractivity contribution >= 4 is 30.2 Å². The Balaban J connectivity index is 0.00000312. The maximum Gasteiger partial charge on any atom is -0.147 e. The Labute approximate surface area is 176 Å². The minimum Gasteiger partial charge on any atom is -0.147 e. The van der Waals surface area contributed by atoms with E-state index in [2.05, 4.69) is 19.1 Å². The Kier molecular flexibility index (Phi) is 13.0. The summed E-state index contributed by atoms with van der Waals surface area (Å²) in [5.41, 5.74) is -0.996. The SMILES string of the molecule is CCCCC1=CC[C](/[Zr]([C]2=CC=CC2)=[Si](\CCCC)C(F)(F)F)=C1.Cl.Cl. The van der Waals surface area contributed by atoms with Gasteiger partial charge in [0.2, 0.25) is 0 Å². The number of hydrogen-bond acceptors (Lipinski definition) is 0. The van der Waals surface area contributed by atoms with E-state index >= 15 is 0 Å². The normalized spacial score (nSPS) is 17.0. The van der Waals surface area contributed by atoms with E-state index in [1.807, 2.05) is 25.2 Å². The molecule has 2 aliphatic carbocycles. The van der Waals surface area contributed by atoms with Gasteiger partial charge in [-0.1, -0.05) is 0 Å². The predicted molar refractivity (Wildman–Crippen MR) is 108 cm³/mol. The van der Waals surface area contributed by atoms with Crippen molar-refractivity contribution in [1.82, 2.24) is 0 Å². The summed E-state index contributed by atoms with van der Waals surface area (Å²) >= 11 is -2.81. The van der Waals surface area contributed by atoms with Gasteiger partial charge in [0, 0.05) is 0 Å². The van der Waals surface area contributed by atoms with Crippen molar-refractivity contribution < 1.29 is 33.5 Å². The first-order chi connectivity index (χ1) is 11.5. The summed E-state index contributed by atoms with van der Waals surface area (Å²) in [5, 5.41) is 0. The molecule has 0 aromatic rings. The van der Waals surface area contributed by atoms with Crippen molar-refractivity contribution in [2.45, 2.75) is 70.6 Å². The number of alkyl halides is 3. The molecular weight excluding hydrogens is 475 g/mol. The molecule has 0 spiro atoms. The Morgan fingerprint density at radius 1 is 1.04 bits per heavy atom. The first-order valence-corrected chi connectivity index (χ1v) is 16.9. The van der Waals surface area contributed by atoms with Crippen molar-refractivity contribution in [2.24, 2.45) is 0 Å². The maximum absolute atomic E-state index is 13.9. The van der Waals surface area contributed by atoms with Crippen LogP contribution < -0.4 is 0 Å². The summed E-state index contributed by atoms with van der Waals surface area (Å²) in [6.45, 7) is 4.15. The predicted octanol–water partition coefficient (Wildman–Crippen LogP) is 7.59. The molecule has 0 aromatic carbocycles. The van der Waals surface area contributed by atoms with E-state index in [1.165, 1.54) is 12.1 Å². The van der Waals surface area contributed by atoms with Crippen molar-refractivity contribution in [1.29, 1.82) is 0 Å². The molecular formula is C19H29Cl2F3SiZr. The fraction of sp³-hybridized carbons (Fsp3) is 0.579. The molecule has 148 valence electrons. The van der Waals surface area contributed by atoms with Crippen LogP contribution in [0.2, 0.25) is 6.04 Å². The van der Waals surface area contributed by atoms with Crippen LogP contribution in [-0.4, -0.2) is 11.2 Å². The topological polar surface area (TPSA) is 0 Å². The van der Waals surface area contributed by atoms with Crippen LogP contribution in [0, 0.1) is 0 Å². The Bertz CT molecular complexity index is 617. The number of allylic oxidation sites excluding steroid dienone is 8. The second kappa shape index (κ2) is 12.8. The number of rotatable bonds is 8. The zero-order valence-electron chi connectivity index (χ0n) is 15.5. The van der Waals surface area contributed by atoms with Gasteiger partial charge in [-0.15, -0.1) is 24.8 Å². The van der Waals surface area contributed by atoms with Crippen LogP contribution in [0.5, 0.6) is 0 Å². The van der Waals surface area contributed by atoms with Crippen LogP contribution >= 0.6 is 24.8 Å². The first-order valence-electron chi connectivity index (χ1n) is 9.03. The molecule has 2 aliphatic rings. The Hall–Kier alpha value is 0.430. The van der Waals surface area contributed by atoms with Crippen LogP contribution in [0.25, 0.3) is 0 Å². The van der Waals surface area contributed by atoms with E-state index in [1.54, 1.807) is 0 Å². The first kappa shape index (κ1) is 26.4. The Morgan fingerprint density at radius 2 is 1.73 bits per heavy atom. The van der Waals surface area contributed by atoms with E-state index in [9.17, 15) is 13.2 Å². The summed E-state index contributed by atoms with van der Waals surface area (Å²) in [6.07, 6.45) is 16.8. The molecule has 0 bridgehead atoms. The van der Waals surface area contributed by atoms with Gasteiger partial charge in [0.05, 0.1) is 0 Å². The summed E-state index contributed by atoms with van der Waals surface area (Å²) in [4.78, 5) is 0. The number of unbranched alkanes of at least 4 members (excludes halogenated alkanes) is 2. The molecule has 0 aromatic heterocycles. The molecule has 0 radical (unpaired) electrons. The fourth-order valence-electron chi connectivity index (χ4n) is 3.30. The average Bonchev–Trinajstić information content (AvgIpc) is 3.20. The van der Waals surface area contributed by atoms with Crippen molar-refractivity contribution in [3.05, 3.63) is 42.5 Å². The van der Waals surface area contributed by atoms with Gasteiger partial charge in [0.15, 0.2) is 0 Å². The third-order valence-electron chi connectivity index (χ3n) is 4.60. The molecule has 0 N–H and O–H groups in total. The molecule has 0 atom stereocenters. The molecule has 2 rings (SSSR count). The average molecular weight is 505 g/mol. The van der Waals surface area contributed by atoms with Crippen LogP contribution in [0.15, 0.2) is 42.5 Å². The standard InChI is InChI=1S/C9H13.C5H9F3Si.C5H5.2ClH.Zr/c1-2-3-6-9-7-4-5-8-9;1-2-3-4-9-5(6,7)8;1-2-4-5-3-1;;;/h7-8H,2-4,6H2,1H3;2-4H2,1H3;1-3H,4H2;2*1H;. The van der Waals surface area contributed by atoms with E-state index < -0.39 is 31.6 Å². The molecule has 0 amide bonds. The molecule has 0 nitrogen and oxygen atoms in total. The molecule has 7 heteroatoms. The summed E-state index contributed by atoms with van der Waals surface area (Å²) < 4.78 is 44.1. The van der Waals surface area contributed by atoms with Crippen molar-refractivity contribution in [2.75, 3.05) is 0 Å². The molecule has 0 fully saturated rings. The molecule has 0 saturated carbocycles. The van der Waals surface area contributed by atoms with Gasteiger partial charge < -0.3 is 0 Å². The molecule has 0 heterocycles. The van der Waals surface area contributed by atoms with E-state index in [4.69, 9.17) is 0 Å². The second-order valence-corrected chi connectivity index (χ2v) is 21.0. The van der Waals surface area contributed by atoms with Crippen LogP contribution in [0.3, 0.4) is 0 Å². The van der Waals surface area contributed by atoms with Gasteiger partial charge in [-0.05, 0) is 0 Å². The van der Waals surface area contributed by atoms with E-state index in [0.717, 1.165) is 44.9 Å². The van der Waals surface area contributed by atoms with Crippen molar-refractivity contribution in [3.63, 3.8) is 0 Å². The smallest absolute Gasteiger partial charge is 0.147 e.